The van der Waals surface area contributed by atoms with Crippen LogP contribution < -0.4 is 14.8 Å². The van der Waals surface area contributed by atoms with E-state index in [1.165, 1.54) is 0 Å². The normalized spacial score (nSPS) is 19.8. The van der Waals surface area contributed by atoms with Crippen molar-refractivity contribution in [2.75, 3.05) is 19.0 Å². The first kappa shape index (κ1) is 20.4. The number of Topliss-reactive ketones (excluding diaryl/α,β-unsaturated/α-hetero) is 1. The SMILES string of the molecule is CCOc1ccc([C@@H]2C3=C(C[C@H](c4ccc(OC)cc4)CC3=O)Nc3onc(C)c32)cc1. The number of anilines is 1. The van der Waals surface area contributed by atoms with Crippen LogP contribution in [0.2, 0.25) is 0 Å². The highest BCUT2D eigenvalue weighted by atomic mass is 16.5. The van der Waals surface area contributed by atoms with Crippen LogP contribution in [0.5, 0.6) is 11.5 Å². The first-order valence-corrected chi connectivity index (χ1v) is 10.9. The monoisotopic (exact) mass is 430 g/mol. The van der Waals surface area contributed by atoms with Crippen LogP contribution in [0.15, 0.2) is 64.3 Å². The van der Waals surface area contributed by atoms with Gasteiger partial charge in [0.05, 0.1) is 25.0 Å². The molecule has 32 heavy (non-hydrogen) atoms. The van der Waals surface area contributed by atoms with Crippen LogP contribution in [0, 0.1) is 6.92 Å². The molecule has 1 N–H and O–H groups in total. The highest BCUT2D eigenvalue weighted by Gasteiger charge is 2.41. The average molecular weight is 431 g/mol. The lowest BCUT2D eigenvalue weighted by atomic mass is 9.72. The zero-order valence-corrected chi connectivity index (χ0v) is 18.5. The molecule has 2 atom stereocenters. The molecular weight excluding hydrogens is 404 g/mol. The van der Waals surface area contributed by atoms with E-state index in [0.717, 1.165) is 51.6 Å². The number of carbonyl (C=O) groups excluding carboxylic acids is 1. The van der Waals surface area contributed by atoms with E-state index in [1.807, 2.05) is 62.4 Å². The molecule has 0 radical (unpaired) electrons. The lowest BCUT2D eigenvalue weighted by molar-refractivity contribution is -0.116. The topological polar surface area (TPSA) is 73.6 Å². The maximum absolute atomic E-state index is 13.5. The van der Waals surface area contributed by atoms with Gasteiger partial charge < -0.3 is 19.3 Å². The van der Waals surface area contributed by atoms with Gasteiger partial charge in [0.15, 0.2) is 5.78 Å². The third-order valence-corrected chi connectivity index (χ3v) is 6.37. The van der Waals surface area contributed by atoms with Crippen molar-refractivity contribution in [3.8, 4) is 11.5 Å². The fraction of sp³-hybridized carbons (Fsp3) is 0.308. The third-order valence-electron chi connectivity index (χ3n) is 6.37. The second-order valence-electron chi connectivity index (χ2n) is 8.26. The van der Waals surface area contributed by atoms with Crippen molar-refractivity contribution in [2.24, 2.45) is 0 Å². The van der Waals surface area contributed by atoms with Crippen LogP contribution in [0.1, 0.15) is 54.0 Å². The van der Waals surface area contributed by atoms with Crippen molar-refractivity contribution in [3.63, 3.8) is 0 Å². The Balaban J connectivity index is 1.54. The Morgan fingerprint density at radius 1 is 1.03 bits per heavy atom. The Kier molecular flexibility index (Phi) is 5.21. The van der Waals surface area contributed by atoms with E-state index >= 15 is 0 Å². The maximum Gasteiger partial charge on any atom is 0.233 e. The number of aromatic nitrogens is 1. The molecule has 0 bridgehead atoms. The largest absolute Gasteiger partial charge is 0.497 e. The molecule has 164 valence electrons. The molecule has 1 aliphatic carbocycles. The van der Waals surface area contributed by atoms with Gasteiger partial charge in [-0.2, -0.15) is 0 Å². The van der Waals surface area contributed by atoms with Crippen LogP contribution in [-0.2, 0) is 4.79 Å². The highest BCUT2D eigenvalue weighted by Crippen LogP contribution is 2.49. The Labute approximate surface area is 187 Å². The summed E-state index contributed by atoms with van der Waals surface area (Å²) in [5.74, 6) is 2.31. The number of hydrogen-bond acceptors (Lipinski definition) is 6. The molecule has 0 unspecified atom stereocenters. The Hall–Kier alpha value is -3.54. The number of fused-ring (bicyclic) bond motifs is 1. The summed E-state index contributed by atoms with van der Waals surface area (Å²) >= 11 is 0. The van der Waals surface area contributed by atoms with E-state index in [-0.39, 0.29) is 17.6 Å². The summed E-state index contributed by atoms with van der Waals surface area (Å²) in [6.07, 6.45) is 1.21. The third kappa shape index (κ3) is 3.45. The molecule has 6 heteroatoms. The predicted octanol–water partition coefficient (Wildman–Crippen LogP) is 5.35. The summed E-state index contributed by atoms with van der Waals surface area (Å²) in [5.41, 5.74) is 5.63. The van der Waals surface area contributed by atoms with Gasteiger partial charge in [0.1, 0.15) is 11.5 Å². The van der Waals surface area contributed by atoms with Crippen LogP contribution in [-0.4, -0.2) is 24.7 Å². The summed E-state index contributed by atoms with van der Waals surface area (Å²) < 4.78 is 16.5. The molecule has 1 aromatic heterocycles. The molecule has 0 saturated carbocycles. The molecule has 6 nitrogen and oxygen atoms in total. The van der Waals surface area contributed by atoms with Crippen LogP contribution in [0.4, 0.5) is 5.88 Å². The van der Waals surface area contributed by atoms with Gasteiger partial charge in [-0.3, -0.25) is 4.79 Å². The molecule has 0 amide bonds. The summed E-state index contributed by atoms with van der Waals surface area (Å²) in [5, 5.41) is 7.57. The number of nitrogens with one attached hydrogen (secondary N) is 1. The molecule has 2 heterocycles. The Bertz CT molecular complexity index is 1180. The first-order valence-electron chi connectivity index (χ1n) is 10.9. The minimum atomic E-state index is -0.201. The van der Waals surface area contributed by atoms with Crippen molar-refractivity contribution in [1.29, 1.82) is 0 Å². The lowest BCUT2D eigenvalue weighted by Crippen LogP contribution is -2.29. The van der Waals surface area contributed by atoms with Crippen LogP contribution in [0.25, 0.3) is 0 Å². The van der Waals surface area contributed by atoms with Crippen molar-refractivity contribution in [1.82, 2.24) is 5.16 Å². The first-order chi connectivity index (χ1) is 15.6. The van der Waals surface area contributed by atoms with Gasteiger partial charge in [-0.15, -0.1) is 0 Å². The number of hydrogen-bond donors (Lipinski definition) is 1. The number of ketones is 1. The van der Waals surface area contributed by atoms with Crippen molar-refractivity contribution in [2.45, 2.75) is 38.5 Å². The van der Waals surface area contributed by atoms with E-state index in [0.29, 0.717) is 18.9 Å². The number of benzene rings is 2. The van der Waals surface area contributed by atoms with Gasteiger partial charge in [-0.05, 0) is 61.6 Å². The molecular formula is C26H26N2O4. The van der Waals surface area contributed by atoms with Gasteiger partial charge in [0.25, 0.3) is 0 Å². The average Bonchev–Trinajstić information content (AvgIpc) is 3.18. The Morgan fingerprint density at radius 2 is 1.72 bits per heavy atom. The van der Waals surface area contributed by atoms with Crippen LogP contribution >= 0.6 is 0 Å². The maximum atomic E-state index is 13.5. The molecule has 0 fully saturated rings. The van der Waals surface area contributed by atoms with E-state index in [2.05, 4.69) is 10.5 Å². The molecule has 3 aromatic rings. The minimum Gasteiger partial charge on any atom is -0.497 e. The van der Waals surface area contributed by atoms with E-state index in [9.17, 15) is 4.79 Å². The summed E-state index contributed by atoms with van der Waals surface area (Å²) in [7, 11) is 1.65. The quantitative estimate of drug-likeness (QED) is 0.588. The van der Waals surface area contributed by atoms with E-state index < -0.39 is 0 Å². The number of methoxy groups -OCH3 is 1. The molecule has 0 saturated heterocycles. The lowest BCUT2D eigenvalue weighted by Gasteiger charge is -2.34. The second kappa shape index (κ2) is 8.19. The molecule has 2 aromatic carbocycles. The number of rotatable bonds is 5. The zero-order valence-electron chi connectivity index (χ0n) is 18.5. The molecule has 0 spiro atoms. The zero-order chi connectivity index (χ0) is 22.2. The molecule has 1 aliphatic heterocycles. The summed E-state index contributed by atoms with van der Waals surface area (Å²) in [4.78, 5) is 13.5. The fourth-order valence-corrected chi connectivity index (χ4v) is 4.84. The predicted molar refractivity (Wildman–Crippen MR) is 121 cm³/mol. The highest BCUT2D eigenvalue weighted by molar-refractivity contribution is 6.01. The standard InChI is InChI=1S/C26H26N2O4/c1-4-31-20-11-7-17(8-12-20)24-23-15(2)28-32-26(23)27-21-13-18(14-22(29)25(21)24)16-5-9-19(30-3)10-6-16/h5-12,18,24,27H,4,13-14H2,1-3H3/t18-,24-/m0/s1. The van der Waals surface area contributed by atoms with Gasteiger partial charge >= 0.3 is 0 Å². The summed E-state index contributed by atoms with van der Waals surface area (Å²) in [6.45, 7) is 4.50. The summed E-state index contributed by atoms with van der Waals surface area (Å²) in [6, 6.07) is 15.9. The fourth-order valence-electron chi connectivity index (χ4n) is 4.84. The van der Waals surface area contributed by atoms with Crippen molar-refractivity contribution >= 4 is 11.7 Å². The van der Waals surface area contributed by atoms with Crippen LogP contribution in [0.3, 0.4) is 0 Å². The van der Waals surface area contributed by atoms with Gasteiger partial charge in [0.2, 0.25) is 5.88 Å². The number of aryl methyl sites for hydroxylation is 1. The number of carbonyl (C=O) groups is 1. The molecule has 2 aliphatic rings. The van der Waals surface area contributed by atoms with E-state index in [1.54, 1.807) is 7.11 Å². The van der Waals surface area contributed by atoms with Crippen molar-refractivity contribution in [3.05, 3.63) is 82.2 Å². The number of allylic oxidation sites excluding steroid dienone is 2. The minimum absolute atomic E-state index is 0.103. The number of nitrogens with zero attached hydrogens (tertiary/aromatic N) is 1. The van der Waals surface area contributed by atoms with Crippen molar-refractivity contribution < 1.29 is 18.8 Å². The van der Waals surface area contributed by atoms with Gasteiger partial charge in [-0.25, -0.2) is 0 Å². The second-order valence-corrected chi connectivity index (χ2v) is 8.26. The van der Waals surface area contributed by atoms with Gasteiger partial charge in [-0.1, -0.05) is 29.4 Å². The Morgan fingerprint density at radius 3 is 2.41 bits per heavy atom. The molecule has 5 rings (SSSR count). The van der Waals surface area contributed by atoms with E-state index in [4.69, 9.17) is 14.0 Å². The number of ether oxygens (including phenoxy) is 2. The smallest absolute Gasteiger partial charge is 0.233 e. The van der Waals surface area contributed by atoms with Gasteiger partial charge in [0, 0.05) is 23.6 Å².